The average molecular weight is 354 g/mol. The molecule has 1 aliphatic heterocycles. The lowest BCUT2D eigenvalue weighted by molar-refractivity contribution is 0.0925. The van der Waals surface area contributed by atoms with Gasteiger partial charge in [0.1, 0.15) is 11.6 Å². The van der Waals surface area contributed by atoms with E-state index in [1.54, 1.807) is 25.4 Å². The third-order valence-corrected chi connectivity index (χ3v) is 4.68. The van der Waals surface area contributed by atoms with E-state index in [1.807, 2.05) is 30.3 Å². The number of nitrogens with zero attached hydrogens (tertiary/aromatic N) is 3. The van der Waals surface area contributed by atoms with Crippen LogP contribution in [0.1, 0.15) is 10.4 Å². The van der Waals surface area contributed by atoms with Crippen LogP contribution in [0.15, 0.2) is 48.7 Å². The Kier molecular flexibility index (Phi) is 5.73. The zero-order valence-electron chi connectivity index (χ0n) is 15.6. The molecule has 3 rings (SSSR count). The number of rotatable bonds is 6. The number of hydrogen-bond donors (Lipinski definition) is 1. The zero-order valence-corrected chi connectivity index (χ0v) is 15.6. The van der Waals surface area contributed by atoms with Gasteiger partial charge in [0.15, 0.2) is 0 Å². The van der Waals surface area contributed by atoms with Crippen molar-refractivity contribution in [2.75, 3.05) is 45.7 Å². The Labute approximate surface area is 154 Å². The van der Waals surface area contributed by atoms with Crippen LogP contribution in [0.5, 0.6) is 5.75 Å². The molecule has 2 aromatic rings. The van der Waals surface area contributed by atoms with Gasteiger partial charge < -0.3 is 19.9 Å². The van der Waals surface area contributed by atoms with Crippen LogP contribution in [0.2, 0.25) is 0 Å². The quantitative estimate of drug-likeness (QED) is 0.858. The summed E-state index contributed by atoms with van der Waals surface area (Å²) in [6, 6.07) is 13.3. The van der Waals surface area contributed by atoms with Crippen molar-refractivity contribution in [3.8, 4) is 5.75 Å². The van der Waals surface area contributed by atoms with Gasteiger partial charge in [-0.3, -0.25) is 4.79 Å². The molecule has 6 heteroatoms. The van der Waals surface area contributed by atoms with Crippen molar-refractivity contribution in [1.82, 2.24) is 15.2 Å². The number of nitrogens with one attached hydrogen (secondary N) is 1. The molecule has 0 spiro atoms. The second kappa shape index (κ2) is 8.19. The van der Waals surface area contributed by atoms with E-state index in [1.165, 1.54) is 0 Å². The Hall–Kier alpha value is -2.60. The highest BCUT2D eigenvalue weighted by atomic mass is 16.5. The van der Waals surface area contributed by atoms with Gasteiger partial charge in [0, 0.05) is 31.7 Å². The first kappa shape index (κ1) is 18.2. The number of benzene rings is 1. The summed E-state index contributed by atoms with van der Waals surface area (Å²) in [5, 5.41) is 3.21. The predicted molar refractivity (Wildman–Crippen MR) is 103 cm³/mol. The lowest BCUT2D eigenvalue weighted by Gasteiger charge is -2.23. The van der Waals surface area contributed by atoms with Gasteiger partial charge in [0.2, 0.25) is 0 Å². The van der Waals surface area contributed by atoms with Crippen molar-refractivity contribution in [2.24, 2.45) is 5.92 Å². The minimum atomic E-state index is -0.0981. The molecule has 1 N–H and O–H groups in total. The number of hydrogen-bond acceptors (Lipinski definition) is 5. The molecule has 1 aliphatic rings. The largest absolute Gasteiger partial charge is 0.496 e. The number of carbonyl (C=O) groups excluding carboxylic acids is 1. The predicted octanol–water partition coefficient (Wildman–Crippen LogP) is 1.89. The molecule has 1 fully saturated rings. The smallest absolute Gasteiger partial charge is 0.255 e. The first-order valence-corrected chi connectivity index (χ1v) is 8.83. The van der Waals surface area contributed by atoms with Crippen LogP contribution < -0.4 is 15.0 Å². The second-order valence-electron chi connectivity index (χ2n) is 6.90. The number of pyridine rings is 1. The molecule has 0 radical (unpaired) electrons. The molecule has 138 valence electrons. The van der Waals surface area contributed by atoms with E-state index in [0.29, 0.717) is 17.2 Å². The van der Waals surface area contributed by atoms with Gasteiger partial charge in [-0.1, -0.05) is 18.2 Å². The summed E-state index contributed by atoms with van der Waals surface area (Å²) >= 11 is 0. The monoisotopic (exact) mass is 354 g/mol. The number of methoxy groups -OCH3 is 1. The molecule has 6 nitrogen and oxygen atoms in total. The van der Waals surface area contributed by atoms with Crippen molar-refractivity contribution in [2.45, 2.75) is 6.04 Å². The number of ether oxygens (including phenoxy) is 1. The first-order chi connectivity index (χ1) is 12.6. The summed E-state index contributed by atoms with van der Waals surface area (Å²) < 4.78 is 5.32. The van der Waals surface area contributed by atoms with Crippen molar-refractivity contribution in [3.63, 3.8) is 0 Å². The summed E-state index contributed by atoms with van der Waals surface area (Å²) in [5.41, 5.74) is 0.565. The third kappa shape index (κ3) is 4.14. The number of amides is 1. The van der Waals surface area contributed by atoms with Crippen LogP contribution >= 0.6 is 0 Å². The highest BCUT2D eigenvalue weighted by Gasteiger charge is 2.35. The Morgan fingerprint density at radius 2 is 2.00 bits per heavy atom. The first-order valence-electron chi connectivity index (χ1n) is 8.83. The highest BCUT2D eigenvalue weighted by molar-refractivity contribution is 5.97. The van der Waals surface area contributed by atoms with Crippen LogP contribution in [-0.2, 0) is 0 Å². The van der Waals surface area contributed by atoms with E-state index < -0.39 is 0 Å². The fourth-order valence-electron chi connectivity index (χ4n) is 3.50. The van der Waals surface area contributed by atoms with Gasteiger partial charge in [-0.15, -0.1) is 0 Å². The van der Waals surface area contributed by atoms with Gasteiger partial charge in [0.25, 0.3) is 5.91 Å². The van der Waals surface area contributed by atoms with Gasteiger partial charge in [-0.05, 0) is 38.4 Å². The summed E-state index contributed by atoms with van der Waals surface area (Å²) in [4.78, 5) is 21.7. The van der Waals surface area contributed by atoms with Crippen molar-refractivity contribution >= 4 is 11.7 Å². The lowest BCUT2D eigenvalue weighted by Crippen LogP contribution is -2.43. The molecular weight excluding hydrogens is 328 g/mol. The van der Waals surface area contributed by atoms with Crippen LogP contribution in [0, 0.1) is 5.92 Å². The average Bonchev–Trinajstić information content (AvgIpc) is 3.04. The number of para-hydroxylation sites is 1. The molecule has 1 saturated heterocycles. The third-order valence-electron chi connectivity index (χ3n) is 4.68. The molecule has 2 heterocycles. The molecule has 1 amide bonds. The molecule has 1 aromatic heterocycles. The Morgan fingerprint density at radius 3 is 2.69 bits per heavy atom. The maximum Gasteiger partial charge on any atom is 0.255 e. The molecule has 0 unspecified atom stereocenters. The maximum absolute atomic E-state index is 12.8. The van der Waals surface area contributed by atoms with Crippen molar-refractivity contribution in [3.05, 3.63) is 54.2 Å². The van der Waals surface area contributed by atoms with Crippen LogP contribution in [0.25, 0.3) is 0 Å². The standard InChI is InChI=1S/C20H26N4O2/c1-23(2)12-15-13-24(19-10-6-7-11-21-19)14-17(15)22-20(25)16-8-4-5-9-18(16)26-3/h4-11,15,17H,12-14H2,1-3H3,(H,22,25)/t15-,17-/m1/s1. The lowest BCUT2D eigenvalue weighted by atomic mass is 10.0. The summed E-state index contributed by atoms with van der Waals surface area (Å²) in [6.07, 6.45) is 1.80. The minimum absolute atomic E-state index is 0.0526. The fourth-order valence-corrected chi connectivity index (χ4v) is 3.50. The van der Waals surface area contributed by atoms with E-state index in [-0.39, 0.29) is 11.9 Å². The van der Waals surface area contributed by atoms with Gasteiger partial charge in [0.05, 0.1) is 18.7 Å². The summed E-state index contributed by atoms with van der Waals surface area (Å²) in [5.74, 6) is 1.77. The van der Waals surface area contributed by atoms with Gasteiger partial charge in [-0.2, -0.15) is 0 Å². The van der Waals surface area contributed by atoms with Gasteiger partial charge >= 0.3 is 0 Å². The normalized spacial score (nSPS) is 19.6. The van der Waals surface area contributed by atoms with E-state index in [9.17, 15) is 4.79 Å². The molecule has 0 aliphatic carbocycles. The van der Waals surface area contributed by atoms with Crippen LogP contribution in [-0.4, -0.2) is 62.7 Å². The summed E-state index contributed by atoms with van der Waals surface area (Å²) in [6.45, 7) is 2.52. The SMILES string of the molecule is COc1ccccc1C(=O)N[C@@H]1CN(c2ccccn2)C[C@H]1CN(C)C. The van der Waals surface area contributed by atoms with Crippen LogP contribution in [0.4, 0.5) is 5.82 Å². The van der Waals surface area contributed by atoms with Crippen molar-refractivity contribution in [1.29, 1.82) is 0 Å². The van der Waals surface area contributed by atoms with E-state index in [2.05, 4.69) is 34.2 Å². The Morgan fingerprint density at radius 1 is 1.23 bits per heavy atom. The maximum atomic E-state index is 12.8. The molecule has 0 bridgehead atoms. The fraction of sp³-hybridized carbons (Fsp3) is 0.400. The molecule has 26 heavy (non-hydrogen) atoms. The highest BCUT2D eigenvalue weighted by Crippen LogP contribution is 2.24. The number of aromatic nitrogens is 1. The number of anilines is 1. The molecule has 1 aromatic carbocycles. The molecule has 2 atom stereocenters. The zero-order chi connectivity index (χ0) is 18.5. The second-order valence-corrected chi connectivity index (χ2v) is 6.90. The molecular formula is C20H26N4O2. The minimum Gasteiger partial charge on any atom is -0.496 e. The topological polar surface area (TPSA) is 57.7 Å². The Balaban J connectivity index is 1.76. The number of carbonyl (C=O) groups is 1. The van der Waals surface area contributed by atoms with E-state index in [4.69, 9.17) is 4.74 Å². The van der Waals surface area contributed by atoms with Crippen LogP contribution in [0.3, 0.4) is 0 Å². The van der Waals surface area contributed by atoms with Crippen molar-refractivity contribution < 1.29 is 9.53 Å². The van der Waals surface area contributed by atoms with E-state index in [0.717, 1.165) is 25.5 Å². The molecule has 0 saturated carbocycles. The van der Waals surface area contributed by atoms with Gasteiger partial charge in [-0.25, -0.2) is 4.98 Å². The summed E-state index contributed by atoms with van der Waals surface area (Å²) in [7, 11) is 5.70. The van der Waals surface area contributed by atoms with E-state index >= 15 is 0 Å². The Bertz CT molecular complexity index is 736.